The number of hydrogen-bond acceptors (Lipinski definition) is 4. The molecule has 1 rings (SSSR count). The van der Waals surface area contributed by atoms with Crippen LogP contribution in [0.5, 0.6) is 0 Å². The fourth-order valence-electron chi connectivity index (χ4n) is 1.30. The quantitative estimate of drug-likeness (QED) is 0.638. The Morgan fingerprint density at radius 1 is 1.76 bits per heavy atom. The summed E-state index contributed by atoms with van der Waals surface area (Å²) in [5.41, 5.74) is -0.317. The molecule has 2 N–H and O–H groups in total. The molecular weight excluding hydrogens is 264 g/mol. The maximum atomic E-state index is 11.5. The average Bonchev–Trinajstić information content (AvgIpc) is 2.30. The van der Waals surface area contributed by atoms with Crippen molar-refractivity contribution >= 4 is 23.8 Å². The monoisotopic (exact) mass is 276 g/mol. The van der Waals surface area contributed by atoms with Crippen molar-refractivity contribution in [2.45, 2.75) is 19.1 Å². The zero-order valence-electron chi connectivity index (χ0n) is 9.22. The topological polar surface area (TPSA) is 67.2 Å². The standard InChI is InChI=1S/C10H13ClN2O3S/c1-16-7(3-5-14)2-4-13-6-8(11)9(17)12-10(13)15/h3,5-7,14H,2,4H2,1H3,(H,12,15,17). The molecule has 0 radical (unpaired) electrons. The highest BCUT2D eigenvalue weighted by Crippen LogP contribution is 2.07. The number of aryl methyl sites for hydroxylation is 1. The van der Waals surface area contributed by atoms with E-state index < -0.39 is 0 Å². The van der Waals surface area contributed by atoms with Gasteiger partial charge < -0.3 is 9.84 Å². The van der Waals surface area contributed by atoms with E-state index in [4.69, 9.17) is 33.7 Å². The normalized spacial score (nSPS) is 13.1. The van der Waals surface area contributed by atoms with Gasteiger partial charge in [-0.25, -0.2) is 4.79 Å². The van der Waals surface area contributed by atoms with Crippen LogP contribution in [0.1, 0.15) is 6.42 Å². The Labute approximate surface area is 108 Å². The van der Waals surface area contributed by atoms with Crippen molar-refractivity contribution in [3.8, 4) is 0 Å². The summed E-state index contributed by atoms with van der Waals surface area (Å²) in [5, 5.41) is 8.96. The van der Waals surface area contributed by atoms with Crippen LogP contribution in [-0.4, -0.2) is 27.9 Å². The number of aromatic nitrogens is 2. The molecule has 0 aliphatic heterocycles. The van der Waals surface area contributed by atoms with Crippen molar-refractivity contribution in [1.29, 1.82) is 0 Å². The molecule has 0 aliphatic carbocycles. The second-order valence-electron chi connectivity index (χ2n) is 3.33. The molecule has 94 valence electrons. The Hall–Kier alpha value is -1.11. The third kappa shape index (κ3) is 3.99. The maximum Gasteiger partial charge on any atom is 0.326 e. The van der Waals surface area contributed by atoms with Gasteiger partial charge in [-0.15, -0.1) is 0 Å². The first-order valence-electron chi connectivity index (χ1n) is 4.91. The second-order valence-corrected chi connectivity index (χ2v) is 4.15. The lowest BCUT2D eigenvalue weighted by Gasteiger charge is -2.11. The second kappa shape index (κ2) is 6.58. The molecule has 0 aromatic carbocycles. The Balaban J connectivity index is 2.79. The van der Waals surface area contributed by atoms with Gasteiger partial charge in [0.2, 0.25) is 0 Å². The number of hydrogen-bond donors (Lipinski definition) is 2. The van der Waals surface area contributed by atoms with E-state index in [1.165, 1.54) is 23.9 Å². The Bertz CT molecular complexity index is 509. The number of nitrogens with zero attached hydrogens (tertiary/aromatic N) is 1. The fraction of sp³-hybridized carbons (Fsp3) is 0.400. The zero-order valence-corrected chi connectivity index (χ0v) is 10.8. The minimum Gasteiger partial charge on any atom is -0.516 e. The van der Waals surface area contributed by atoms with E-state index in [1.807, 2.05) is 0 Å². The van der Waals surface area contributed by atoms with Gasteiger partial charge in [-0.05, 0) is 12.5 Å². The van der Waals surface area contributed by atoms with Crippen LogP contribution in [0.15, 0.2) is 23.3 Å². The number of methoxy groups -OCH3 is 1. The summed E-state index contributed by atoms with van der Waals surface area (Å²) in [6.45, 7) is 0.410. The van der Waals surface area contributed by atoms with Gasteiger partial charge in [0.15, 0.2) is 0 Å². The third-order valence-electron chi connectivity index (χ3n) is 2.23. The minimum absolute atomic E-state index is 0.228. The Morgan fingerprint density at radius 3 is 3.06 bits per heavy atom. The largest absolute Gasteiger partial charge is 0.516 e. The summed E-state index contributed by atoms with van der Waals surface area (Å²) < 4.78 is 6.72. The molecule has 1 aromatic heterocycles. The van der Waals surface area contributed by atoms with Crippen molar-refractivity contribution in [1.82, 2.24) is 9.55 Å². The summed E-state index contributed by atoms with van der Waals surface area (Å²) >= 11 is 10.6. The molecule has 1 aromatic rings. The highest BCUT2D eigenvalue weighted by molar-refractivity contribution is 7.71. The molecule has 0 bridgehead atoms. The lowest BCUT2D eigenvalue weighted by molar-refractivity contribution is 0.127. The van der Waals surface area contributed by atoms with Crippen molar-refractivity contribution in [2.75, 3.05) is 7.11 Å². The summed E-state index contributed by atoms with van der Waals surface area (Å²) in [6, 6.07) is 0. The minimum atomic E-state index is -0.317. The number of ether oxygens (including phenoxy) is 1. The molecule has 1 heterocycles. The van der Waals surface area contributed by atoms with Gasteiger partial charge in [0.05, 0.1) is 17.4 Å². The molecule has 1 unspecified atom stereocenters. The van der Waals surface area contributed by atoms with Crippen LogP contribution < -0.4 is 5.69 Å². The van der Waals surface area contributed by atoms with Crippen LogP contribution >= 0.6 is 23.8 Å². The Kier molecular flexibility index (Phi) is 5.40. The molecule has 17 heavy (non-hydrogen) atoms. The number of aliphatic hydroxyl groups is 1. The fourth-order valence-corrected chi connectivity index (χ4v) is 1.61. The number of H-pyrrole nitrogens is 1. The molecule has 0 aliphatic rings. The predicted octanol–water partition coefficient (Wildman–Crippen LogP) is 2.04. The highest BCUT2D eigenvalue weighted by Gasteiger charge is 2.05. The molecule has 1 atom stereocenters. The smallest absolute Gasteiger partial charge is 0.326 e. The van der Waals surface area contributed by atoms with E-state index in [-0.39, 0.29) is 16.4 Å². The average molecular weight is 277 g/mol. The maximum absolute atomic E-state index is 11.5. The predicted molar refractivity (Wildman–Crippen MR) is 68.1 cm³/mol. The summed E-state index contributed by atoms with van der Waals surface area (Å²) in [6.07, 6.45) is 4.18. The van der Waals surface area contributed by atoms with Gasteiger partial charge >= 0.3 is 5.69 Å². The SMILES string of the molecule is COC(C=CO)CCn1cc(Cl)c(=S)[nH]c1=O. The number of rotatable bonds is 5. The molecule has 7 heteroatoms. The van der Waals surface area contributed by atoms with E-state index in [0.29, 0.717) is 18.0 Å². The van der Waals surface area contributed by atoms with Gasteiger partial charge in [0.1, 0.15) is 4.64 Å². The van der Waals surface area contributed by atoms with Crippen LogP contribution in [0.25, 0.3) is 0 Å². The third-order valence-corrected chi connectivity index (χ3v) is 2.95. The molecule has 0 spiro atoms. The summed E-state index contributed by atoms with van der Waals surface area (Å²) in [5.74, 6) is 0. The first-order valence-corrected chi connectivity index (χ1v) is 5.70. The molecule has 0 fully saturated rings. The molecule has 0 saturated heterocycles. The number of halogens is 1. The number of aromatic amines is 1. The van der Waals surface area contributed by atoms with E-state index in [0.717, 1.165) is 6.26 Å². The van der Waals surface area contributed by atoms with E-state index >= 15 is 0 Å². The van der Waals surface area contributed by atoms with Crippen LogP contribution in [0.2, 0.25) is 5.02 Å². The summed E-state index contributed by atoms with van der Waals surface area (Å²) in [7, 11) is 1.53. The van der Waals surface area contributed by atoms with Gasteiger partial charge in [0, 0.05) is 19.9 Å². The molecule has 5 nitrogen and oxygen atoms in total. The van der Waals surface area contributed by atoms with Gasteiger partial charge in [-0.3, -0.25) is 9.55 Å². The molecular formula is C10H13ClN2O3S. The van der Waals surface area contributed by atoms with Crippen LogP contribution in [0, 0.1) is 4.64 Å². The first-order chi connectivity index (χ1) is 8.08. The van der Waals surface area contributed by atoms with E-state index in [9.17, 15) is 4.79 Å². The lowest BCUT2D eigenvalue weighted by atomic mass is 10.2. The zero-order chi connectivity index (χ0) is 12.8. The molecule has 0 amide bonds. The first kappa shape index (κ1) is 14.0. The lowest BCUT2D eigenvalue weighted by Crippen LogP contribution is -2.24. The van der Waals surface area contributed by atoms with Gasteiger partial charge in [-0.2, -0.15) is 0 Å². The Morgan fingerprint density at radius 2 is 2.47 bits per heavy atom. The van der Waals surface area contributed by atoms with Crippen molar-refractivity contribution in [3.05, 3.63) is 38.7 Å². The highest BCUT2D eigenvalue weighted by atomic mass is 35.5. The van der Waals surface area contributed by atoms with Crippen LogP contribution in [0.3, 0.4) is 0 Å². The summed E-state index contributed by atoms with van der Waals surface area (Å²) in [4.78, 5) is 14.0. The van der Waals surface area contributed by atoms with Crippen molar-refractivity contribution < 1.29 is 9.84 Å². The number of aliphatic hydroxyl groups excluding tert-OH is 1. The number of nitrogens with one attached hydrogen (secondary N) is 1. The van der Waals surface area contributed by atoms with Crippen molar-refractivity contribution in [2.24, 2.45) is 0 Å². The van der Waals surface area contributed by atoms with E-state index in [1.54, 1.807) is 0 Å². The van der Waals surface area contributed by atoms with Gasteiger partial charge in [0.25, 0.3) is 0 Å². The van der Waals surface area contributed by atoms with E-state index in [2.05, 4.69) is 4.98 Å². The van der Waals surface area contributed by atoms with Gasteiger partial charge in [-0.1, -0.05) is 23.8 Å². The van der Waals surface area contributed by atoms with Crippen LogP contribution in [-0.2, 0) is 11.3 Å². The van der Waals surface area contributed by atoms with Crippen molar-refractivity contribution in [3.63, 3.8) is 0 Å². The molecule has 0 saturated carbocycles. The van der Waals surface area contributed by atoms with Crippen LogP contribution in [0.4, 0.5) is 0 Å².